The molecular formula is C17H25FN2O4. The van der Waals surface area contributed by atoms with Gasteiger partial charge >= 0.3 is 0 Å². The fourth-order valence-corrected chi connectivity index (χ4v) is 2.88. The topological polar surface area (TPSA) is 82.0 Å². The van der Waals surface area contributed by atoms with Gasteiger partial charge < -0.3 is 25.2 Å². The summed E-state index contributed by atoms with van der Waals surface area (Å²) in [4.78, 5) is 14.1. The lowest BCUT2D eigenvalue weighted by Crippen LogP contribution is -2.57. The summed E-state index contributed by atoms with van der Waals surface area (Å²) < 4.78 is 19.1. The van der Waals surface area contributed by atoms with Gasteiger partial charge in [0.2, 0.25) is 0 Å². The highest BCUT2D eigenvalue weighted by atomic mass is 19.1. The second-order valence-electron chi connectivity index (χ2n) is 6.07. The fourth-order valence-electron chi connectivity index (χ4n) is 2.88. The second-order valence-corrected chi connectivity index (χ2v) is 6.07. The monoisotopic (exact) mass is 340 g/mol. The van der Waals surface area contributed by atoms with E-state index in [0.29, 0.717) is 43.7 Å². The molecule has 134 valence electrons. The highest BCUT2D eigenvalue weighted by molar-refractivity contribution is 5.86. The number of aliphatic hydroxyl groups excluding tert-OH is 1. The van der Waals surface area contributed by atoms with Crippen LogP contribution in [0.2, 0.25) is 0 Å². The molecular weight excluding hydrogens is 315 g/mol. The molecule has 1 fully saturated rings. The Morgan fingerprint density at radius 2 is 2.25 bits per heavy atom. The number of carbonyl (C=O) groups is 1. The normalized spacial score (nSPS) is 21.2. The molecule has 1 aromatic carbocycles. The zero-order chi connectivity index (χ0) is 17.6. The van der Waals surface area contributed by atoms with Gasteiger partial charge in [-0.2, -0.15) is 0 Å². The summed E-state index contributed by atoms with van der Waals surface area (Å²) >= 11 is 0. The van der Waals surface area contributed by atoms with Gasteiger partial charge in [0.1, 0.15) is 11.6 Å². The Kier molecular flexibility index (Phi) is 6.53. The molecule has 1 heterocycles. The van der Waals surface area contributed by atoms with Gasteiger partial charge in [0.05, 0.1) is 7.11 Å². The van der Waals surface area contributed by atoms with Crippen LogP contribution in [0.4, 0.5) is 4.39 Å². The lowest BCUT2D eigenvalue weighted by atomic mass is 9.91. The minimum atomic E-state index is -1.48. The number of nitrogens with zero attached hydrogens (tertiary/aromatic N) is 1. The molecule has 0 saturated carbocycles. The lowest BCUT2D eigenvalue weighted by molar-refractivity contribution is -0.157. The molecule has 0 unspecified atom stereocenters. The maximum absolute atomic E-state index is 14.0. The fraction of sp³-hybridized carbons (Fsp3) is 0.588. The number of rotatable bonds is 8. The molecule has 1 aliphatic heterocycles. The zero-order valence-electron chi connectivity index (χ0n) is 13.9. The third kappa shape index (κ3) is 4.43. The summed E-state index contributed by atoms with van der Waals surface area (Å²) in [7, 11) is 1.50. The first-order chi connectivity index (χ1) is 11.5. The Bertz CT molecular complexity index is 570. The van der Waals surface area contributed by atoms with Gasteiger partial charge in [-0.25, -0.2) is 4.39 Å². The van der Waals surface area contributed by atoms with Gasteiger partial charge in [0, 0.05) is 31.8 Å². The number of likely N-dealkylation sites (tertiary alicyclic amines) is 1. The second kappa shape index (κ2) is 8.41. The van der Waals surface area contributed by atoms with Crippen molar-refractivity contribution >= 4 is 5.91 Å². The summed E-state index contributed by atoms with van der Waals surface area (Å²) in [5.41, 5.74) is -1.12. The quantitative estimate of drug-likeness (QED) is 0.606. The van der Waals surface area contributed by atoms with Gasteiger partial charge in [-0.1, -0.05) is 0 Å². The van der Waals surface area contributed by atoms with Crippen molar-refractivity contribution in [2.24, 2.45) is 0 Å². The van der Waals surface area contributed by atoms with Crippen molar-refractivity contribution in [3.05, 3.63) is 29.6 Å². The van der Waals surface area contributed by atoms with Gasteiger partial charge in [-0.15, -0.1) is 0 Å². The maximum atomic E-state index is 14.0. The van der Waals surface area contributed by atoms with Crippen molar-refractivity contribution in [1.29, 1.82) is 0 Å². The van der Waals surface area contributed by atoms with Crippen molar-refractivity contribution in [3.8, 4) is 5.75 Å². The molecule has 0 aromatic heterocycles. The Morgan fingerprint density at radius 3 is 2.96 bits per heavy atom. The van der Waals surface area contributed by atoms with E-state index in [2.05, 4.69) is 5.32 Å². The summed E-state index contributed by atoms with van der Waals surface area (Å²) in [5, 5.41) is 22.4. The number of piperidine rings is 1. The van der Waals surface area contributed by atoms with Crippen molar-refractivity contribution in [3.63, 3.8) is 0 Å². The third-order valence-corrected chi connectivity index (χ3v) is 4.25. The molecule has 1 saturated heterocycles. The maximum Gasteiger partial charge on any atom is 0.256 e. The van der Waals surface area contributed by atoms with Gasteiger partial charge in [-0.05, 0) is 44.0 Å². The Labute approximate surface area is 141 Å². The largest absolute Gasteiger partial charge is 0.497 e. The van der Waals surface area contributed by atoms with Gasteiger partial charge in [0.25, 0.3) is 5.91 Å². The van der Waals surface area contributed by atoms with Crippen molar-refractivity contribution in [2.45, 2.75) is 31.4 Å². The van der Waals surface area contributed by atoms with E-state index < -0.39 is 17.3 Å². The molecule has 1 atom stereocenters. The first-order valence-corrected chi connectivity index (χ1v) is 8.16. The average molecular weight is 340 g/mol. The van der Waals surface area contributed by atoms with Crippen LogP contribution in [0, 0.1) is 5.82 Å². The minimum Gasteiger partial charge on any atom is -0.497 e. The number of aliphatic hydroxyl groups is 2. The first-order valence-electron chi connectivity index (χ1n) is 8.16. The third-order valence-electron chi connectivity index (χ3n) is 4.25. The number of hydrogen-bond acceptors (Lipinski definition) is 5. The molecule has 7 heteroatoms. The number of amides is 1. The Hall–Kier alpha value is -1.70. The molecule has 0 bridgehead atoms. The van der Waals surface area contributed by atoms with E-state index in [4.69, 9.17) is 9.84 Å². The first kappa shape index (κ1) is 18.6. The Balaban J connectivity index is 2.04. The highest BCUT2D eigenvalue weighted by Gasteiger charge is 2.41. The van der Waals surface area contributed by atoms with Crippen LogP contribution in [0.15, 0.2) is 18.2 Å². The number of methoxy groups -OCH3 is 1. The Morgan fingerprint density at radius 1 is 1.46 bits per heavy atom. The number of benzene rings is 1. The van der Waals surface area contributed by atoms with Gasteiger partial charge in [-0.3, -0.25) is 4.79 Å². The van der Waals surface area contributed by atoms with E-state index in [0.717, 1.165) is 0 Å². The van der Waals surface area contributed by atoms with E-state index in [1.54, 1.807) is 6.07 Å². The summed E-state index contributed by atoms with van der Waals surface area (Å²) in [5.74, 6) is -0.275. The molecule has 1 aromatic rings. The van der Waals surface area contributed by atoms with Crippen molar-refractivity contribution in [2.75, 3.05) is 33.4 Å². The number of ether oxygens (including phenoxy) is 1. The average Bonchev–Trinajstić information content (AvgIpc) is 2.58. The molecule has 6 nitrogen and oxygen atoms in total. The summed E-state index contributed by atoms with van der Waals surface area (Å²) in [6.45, 7) is 1.29. The molecule has 1 aliphatic rings. The molecule has 2 rings (SSSR count). The summed E-state index contributed by atoms with van der Waals surface area (Å²) in [6, 6.07) is 4.40. The number of halogens is 1. The van der Waals surface area contributed by atoms with E-state index in [-0.39, 0.29) is 19.7 Å². The van der Waals surface area contributed by atoms with Crippen LogP contribution in [0.1, 0.15) is 24.8 Å². The van der Waals surface area contributed by atoms with E-state index >= 15 is 0 Å². The number of hydrogen-bond donors (Lipinski definition) is 3. The van der Waals surface area contributed by atoms with E-state index in [1.807, 2.05) is 0 Å². The SMILES string of the molecule is COc1ccc(F)c(CN2CCC[C@](O)(CNCCCO)C2=O)c1. The molecule has 0 aliphatic carbocycles. The smallest absolute Gasteiger partial charge is 0.256 e. The summed E-state index contributed by atoms with van der Waals surface area (Å²) in [6.07, 6.45) is 1.58. The highest BCUT2D eigenvalue weighted by Crippen LogP contribution is 2.25. The van der Waals surface area contributed by atoms with Crippen LogP contribution in [0.5, 0.6) is 5.75 Å². The van der Waals surface area contributed by atoms with Crippen molar-refractivity contribution < 1.29 is 24.1 Å². The predicted octanol–water partition coefficient (Wildman–Crippen LogP) is 0.660. The molecule has 24 heavy (non-hydrogen) atoms. The predicted molar refractivity (Wildman–Crippen MR) is 87.1 cm³/mol. The van der Waals surface area contributed by atoms with Crippen molar-refractivity contribution in [1.82, 2.24) is 10.2 Å². The molecule has 0 radical (unpaired) electrons. The van der Waals surface area contributed by atoms with Crippen LogP contribution >= 0.6 is 0 Å². The lowest BCUT2D eigenvalue weighted by Gasteiger charge is -2.38. The number of nitrogens with one attached hydrogen (secondary N) is 1. The minimum absolute atomic E-state index is 0.0562. The van der Waals surface area contributed by atoms with E-state index in [9.17, 15) is 14.3 Å². The zero-order valence-corrected chi connectivity index (χ0v) is 13.9. The molecule has 3 N–H and O–H groups in total. The molecule has 1 amide bonds. The number of carbonyl (C=O) groups excluding carboxylic acids is 1. The van der Waals surface area contributed by atoms with Crippen LogP contribution < -0.4 is 10.1 Å². The van der Waals surface area contributed by atoms with Crippen LogP contribution in [0.25, 0.3) is 0 Å². The standard InChI is InChI=1S/C17H25FN2O4/c1-24-14-4-5-15(18)13(10-14)11-20-8-2-6-17(23,16(20)22)12-19-7-3-9-21/h4-5,10,19,21,23H,2-3,6-9,11-12H2,1H3/t17-/m0/s1. The van der Waals surface area contributed by atoms with Crippen LogP contribution in [0.3, 0.4) is 0 Å². The molecule has 0 spiro atoms. The van der Waals surface area contributed by atoms with Crippen LogP contribution in [-0.2, 0) is 11.3 Å². The van der Waals surface area contributed by atoms with Gasteiger partial charge in [0.15, 0.2) is 5.60 Å². The van der Waals surface area contributed by atoms with Crippen LogP contribution in [-0.4, -0.2) is 60.0 Å². The van der Waals surface area contributed by atoms with E-state index in [1.165, 1.54) is 24.1 Å².